The molecule has 0 saturated heterocycles. The zero-order valence-corrected chi connectivity index (χ0v) is 18.1. The van der Waals surface area contributed by atoms with Gasteiger partial charge in [-0.15, -0.1) is 5.10 Å². The molecule has 35 heavy (non-hydrogen) atoms. The summed E-state index contributed by atoms with van der Waals surface area (Å²) in [5, 5.41) is 19.9. The van der Waals surface area contributed by atoms with Crippen LogP contribution in [0, 0.1) is 10.1 Å². The summed E-state index contributed by atoms with van der Waals surface area (Å²) in [5.74, 6) is 0.391. The molecule has 172 valence electrons. The van der Waals surface area contributed by atoms with Gasteiger partial charge in [-0.25, -0.2) is 0 Å². The zero-order valence-electron chi connectivity index (χ0n) is 18.1. The summed E-state index contributed by atoms with van der Waals surface area (Å²) in [6, 6.07) is 16.4. The normalized spacial score (nSPS) is 15.8. The number of rotatable bonds is 4. The van der Waals surface area contributed by atoms with Gasteiger partial charge >= 0.3 is 0 Å². The van der Waals surface area contributed by atoms with Crippen molar-refractivity contribution >= 4 is 28.9 Å². The molecule has 3 aromatic rings. The number of non-ortho nitro benzene ring substituents is 1. The first-order chi connectivity index (χ1) is 17.0. The number of nitro groups is 1. The maximum absolute atomic E-state index is 12.9. The molecular formula is C25H16N4O6. The Labute approximate surface area is 198 Å². The number of ether oxygens (including phenoxy) is 2. The van der Waals surface area contributed by atoms with Gasteiger partial charge in [0.05, 0.1) is 28.3 Å². The number of hydrogen-bond donors (Lipinski definition) is 0. The molecule has 0 N–H and O–H groups in total. The van der Waals surface area contributed by atoms with E-state index in [-0.39, 0.29) is 30.8 Å². The molecule has 3 aromatic carbocycles. The van der Waals surface area contributed by atoms with Gasteiger partial charge in [0.15, 0.2) is 11.5 Å². The van der Waals surface area contributed by atoms with Crippen LogP contribution < -0.4 is 9.47 Å². The fourth-order valence-corrected chi connectivity index (χ4v) is 4.39. The predicted octanol–water partition coefficient (Wildman–Crippen LogP) is 3.37. The Bertz CT molecular complexity index is 1460. The first kappa shape index (κ1) is 20.7. The molecule has 3 aliphatic rings. The highest BCUT2D eigenvalue weighted by Crippen LogP contribution is 2.37. The average molecular weight is 468 g/mol. The highest BCUT2D eigenvalue weighted by atomic mass is 16.7. The summed E-state index contributed by atoms with van der Waals surface area (Å²) in [5.41, 5.74) is 3.87. The molecule has 10 heteroatoms. The minimum Gasteiger partial charge on any atom is -0.454 e. The second-order valence-electron chi connectivity index (χ2n) is 8.20. The lowest BCUT2D eigenvalue weighted by Gasteiger charge is -2.15. The number of hydrogen-bond acceptors (Lipinski definition) is 8. The number of carbonyl (C=O) groups excluding carboxylic acids is 2. The molecule has 0 aromatic heterocycles. The van der Waals surface area contributed by atoms with Crippen molar-refractivity contribution in [2.24, 2.45) is 10.2 Å². The van der Waals surface area contributed by atoms with Gasteiger partial charge in [0.25, 0.3) is 17.5 Å². The van der Waals surface area contributed by atoms with Gasteiger partial charge in [-0.1, -0.05) is 12.1 Å². The average Bonchev–Trinajstić information content (AvgIpc) is 3.36. The smallest absolute Gasteiger partial charge is 0.269 e. The molecule has 0 atom stereocenters. The molecule has 6 rings (SSSR count). The maximum Gasteiger partial charge on any atom is 0.269 e. The molecular weight excluding hydrogens is 452 g/mol. The molecule has 0 radical (unpaired) electrons. The largest absolute Gasteiger partial charge is 0.454 e. The van der Waals surface area contributed by atoms with E-state index >= 15 is 0 Å². The lowest BCUT2D eigenvalue weighted by Crippen LogP contribution is -2.35. The van der Waals surface area contributed by atoms with Crippen LogP contribution in [0.2, 0.25) is 0 Å². The summed E-state index contributed by atoms with van der Waals surface area (Å²) in [7, 11) is 0. The Balaban J connectivity index is 1.40. The Morgan fingerprint density at radius 1 is 0.886 bits per heavy atom. The molecule has 0 aliphatic carbocycles. The van der Waals surface area contributed by atoms with E-state index in [2.05, 4.69) is 10.2 Å². The number of imide groups is 1. The number of fused-ring (bicyclic) bond motifs is 3. The predicted molar refractivity (Wildman–Crippen MR) is 124 cm³/mol. The summed E-state index contributed by atoms with van der Waals surface area (Å²) in [6.45, 7) is 0.0789. The van der Waals surface area contributed by atoms with Gasteiger partial charge in [0.2, 0.25) is 6.79 Å². The van der Waals surface area contributed by atoms with Gasteiger partial charge in [-0.05, 0) is 42.0 Å². The van der Waals surface area contributed by atoms with Gasteiger partial charge < -0.3 is 9.47 Å². The standard InChI is InChI=1S/C25H16N4O6/c30-24-18-3-1-2-4-19(18)25(31)28(24)12-16-9-15-10-21-22(35-13-34-21)11-20(15)23(27-26-16)14-5-7-17(8-6-14)29(32)33/h1-8,10-11H,9,12-13H2. The van der Waals surface area contributed by atoms with Crippen molar-refractivity contribution < 1.29 is 24.0 Å². The van der Waals surface area contributed by atoms with E-state index in [9.17, 15) is 19.7 Å². The second-order valence-corrected chi connectivity index (χ2v) is 8.20. The fraction of sp³-hybridized carbons (Fsp3) is 0.120. The summed E-state index contributed by atoms with van der Waals surface area (Å²) < 4.78 is 11.1. The molecule has 0 spiro atoms. The Kier molecular flexibility index (Phi) is 4.66. The molecule has 3 heterocycles. The van der Waals surface area contributed by atoms with Crippen molar-refractivity contribution in [2.45, 2.75) is 6.42 Å². The third-order valence-electron chi connectivity index (χ3n) is 6.11. The van der Waals surface area contributed by atoms with Crippen LogP contribution in [-0.4, -0.2) is 46.4 Å². The number of carbonyl (C=O) groups is 2. The zero-order chi connectivity index (χ0) is 24.1. The number of benzene rings is 3. The van der Waals surface area contributed by atoms with Crippen LogP contribution >= 0.6 is 0 Å². The van der Waals surface area contributed by atoms with Crippen LogP contribution in [0.15, 0.2) is 70.9 Å². The minimum absolute atomic E-state index is 0.0166. The van der Waals surface area contributed by atoms with Crippen LogP contribution in [0.4, 0.5) is 5.69 Å². The van der Waals surface area contributed by atoms with E-state index in [0.29, 0.717) is 46.0 Å². The highest BCUT2D eigenvalue weighted by Gasteiger charge is 2.36. The SMILES string of the molecule is O=C1c2ccccc2C(=O)N1CC1=NN=C(c2ccc([N+](=O)[O-])cc2)c2cc3c(cc2C1)OCO3. The van der Waals surface area contributed by atoms with Crippen LogP contribution in [0.3, 0.4) is 0 Å². The Hall–Kier alpha value is -4.86. The van der Waals surface area contributed by atoms with Crippen molar-refractivity contribution in [1.82, 2.24) is 4.90 Å². The first-order valence-electron chi connectivity index (χ1n) is 10.8. The molecule has 3 aliphatic heterocycles. The topological polar surface area (TPSA) is 124 Å². The Morgan fingerprint density at radius 3 is 2.20 bits per heavy atom. The summed E-state index contributed by atoms with van der Waals surface area (Å²) in [6.07, 6.45) is 0.319. The minimum atomic E-state index is -0.469. The van der Waals surface area contributed by atoms with Crippen molar-refractivity contribution in [2.75, 3.05) is 13.3 Å². The van der Waals surface area contributed by atoms with E-state index in [1.165, 1.54) is 17.0 Å². The lowest BCUT2D eigenvalue weighted by atomic mass is 9.94. The molecule has 0 unspecified atom stereocenters. The number of nitro benzene ring substituents is 1. The number of amides is 2. The van der Waals surface area contributed by atoms with Crippen LogP contribution in [-0.2, 0) is 6.42 Å². The van der Waals surface area contributed by atoms with Gasteiger partial charge in [0.1, 0.15) is 5.71 Å². The van der Waals surface area contributed by atoms with Gasteiger partial charge in [-0.3, -0.25) is 24.6 Å². The summed E-state index contributed by atoms with van der Waals surface area (Å²) in [4.78, 5) is 37.5. The first-order valence-corrected chi connectivity index (χ1v) is 10.8. The van der Waals surface area contributed by atoms with Crippen LogP contribution in [0.5, 0.6) is 11.5 Å². The Morgan fingerprint density at radius 2 is 1.54 bits per heavy atom. The second kappa shape index (κ2) is 7.87. The molecule has 10 nitrogen and oxygen atoms in total. The maximum atomic E-state index is 12.9. The lowest BCUT2D eigenvalue weighted by molar-refractivity contribution is -0.384. The van der Waals surface area contributed by atoms with E-state index in [1.54, 1.807) is 42.5 Å². The van der Waals surface area contributed by atoms with Crippen molar-refractivity contribution in [1.29, 1.82) is 0 Å². The molecule has 0 bridgehead atoms. The van der Waals surface area contributed by atoms with E-state index in [4.69, 9.17) is 9.47 Å². The van der Waals surface area contributed by atoms with E-state index < -0.39 is 4.92 Å². The third-order valence-corrected chi connectivity index (χ3v) is 6.11. The van der Waals surface area contributed by atoms with Crippen molar-refractivity contribution in [3.8, 4) is 11.5 Å². The number of nitrogens with zero attached hydrogens (tertiary/aromatic N) is 4. The molecule has 0 saturated carbocycles. The van der Waals surface area contributed by atoms with Crippen molar-refractivity contribution in [3.05, 3.63) is 98.6 Å². The summed E-state index contributed by atoms with van der Waals surface area (Å²) >= 11 is 0. The van der Waals surface area contributed by atoms with Gasteiger partial charge in [-0.2, -0.15) is 5.10 Å². The monoisotopic (exact) mass is 468 g/mol. The quantitative estimate of drug-likeness (QED) is 0.329. The van der Waals surface area contributed by atoms with E-state index in [1.807, 2.05) is 6.07 Å². The van der Waals surface area contributed by atoms with Crippen LogP contribution in [0.1, 0.15) is 37.4 Å². The van der Waals surface area contributed by atoms with Crippen LogP contribution in [0.25, 0.3) is 0 Å². The fourth-order valence-electron chi connectivity index (χ4n) is 4.39. The van der Waals surface area contributed by atoms with Crippen molar-refractivity contribution in [3.63, 3.8) is 0 Å². The van der Waals surface area contributed by atoms with Gasteiger partial charge in [0, 0.05) is 29.7 Å². The third kappa shape index (κ3) is 3.43. The molecule has 2 amide bonds. The highest BCUT2D eigenvalue weighted by molar-refractivity contribution is 6.23. The molecule has 0 fully saturated rings. The van der Waals surface area contributed by atoms with E-state index in [0.717, 1.165) is 11.1 Å².